The van der Waals surface area contributed by atoms with Crippen LogP contribution in [0.5, 0.6) is 0 Å². The monoisotopic (exact) mass is 343 g/mol. The minimum absolute atomic E-state index is 0.0597. The van der Waals surface area contributed by atoms with Crippen LogP contribution in [-0.2, 0) is 9.53 Å². The number of amides is 1. The summed E-state index contributed by atoms with van der Waals surface area (Å²) in [6, 6.07) is 8.54. The first kappa shape index (κ1) is 16.4. The van der Waals surface area contributed by atoms with E-state index in [1.807, 2.05) is 31.2 Å². The third-order valence-corrected chi connectivity index (χ3v) is 5.31. The molecule has 2 aromatic rings. The van der Waals surface area contributed by atoms with Crippen LogP contribution in [-0.4, -0.2) is 42.7 Å². The number of hydrogen-bond acceptors (Lipinski definition) is 5. The second kappa shape index (κ2) is 7.04. The van der Waals surface area contributed by atoms with Crippen molar-refractivity contribution in [2.24, 2.45) is 5.92 Å². The van der Waals surface area contributed by atoms with Gasteiger partial charge < -0.3 is 19.4 Å². The zero-order chi connectivity index (χ0) is 17.2. The molecule has 2 atom stereocenters. The Balaban J connectivity index is 1.32. The van der Waals surface area contributed by atoms with Gasteiger partial charge >= 0.3 is 0 Å². The van der Waals surface area contributed by atoms with E-state index in [1.54, 1.807) is 0 Å². The maximum Gasteiger partial charge on any atom is 0.298 e. The molecule has 6 nitrogen and oxygen atoms in total. The highest BCUT2D eigenvalue weighted by atomic mass is 16.5. The normalized spacial score (nSPS) is 23.1. The average Bonchev–Trinajstić information content (AvgIpc) is 3.31. The molecular weight excluding hydrogens is 318 g/mol. The highest BCUT2D eigenvalue weighted by Crippen LogP contribution is 2.26. The van der Waals surface area contributed by atoms with Gasteiger partial charge in [-0.1, -0.05) is 12.1 Å². The fourth-order valence-electron chi connectivity index (χ4n) is 3.76. The van der Waals surface area contributed by atoms with Crippen molar-refractivity contribution in [3.05, 3.63) is 24.3 Å². The van der Waals surface area contributed by atoms with E-state index < -0.39 is 0 Å². The molecule has 25 heavy (non-hydrogen) atoms. The minimum Gasteiger partial charge on any atom is -0.423 e. The topological polar surface area (TPSA) is 67.6 Å². The third-order valence-electron chi connectivity index (χ3n) is 5.31. The summed E-state index contributed by atoms with van der Waals surface area (Å²) in [4.78, 5) is 19.2. The Morgan fingerprint density at radius 1 is 1.28 bits per heavy atom. The van der Waals surface area contributed by atoms with Crippen molar-refractivity contribution < 1.29 is 13.9 Å². The number of benzene rings is 1. The number of piperidine rings is 1. The number of nitrogens with zero attached hydrogens (tertiary/aromatic N) is 2. The lowest BCUT2D eigenvalue weighted by Crippen LogP contribution is -2.46. The summed E-state index contributed by atoms with van der Waals surface area (Å²) in [5.41, 5.74) is 1.69. The van der Waals surface area contributed by atoms with E-state index in [0.717, 1.165) is 56.5 Å². The maximum absolute atomic E-state index is 12.5. The van der Waals surface area contributed by atoms with Gasteiger partial charge in [0.2, 0.25) is 5.91 Å². The standard InChI is InChI=1S/C19H25N3O3/c1-13(16-7-4-12-24-16)20-18(23)14-8-10-22(11-9-14)19-21-15-5-2-3-6-17(15)25-19/h2-3,5-6,13-14,16H,4,7-12H2,1H3,(H,20,23)/t13-,16-/m1/s1. The van der Waals surface area contributed by atoms with Crippen molar-refractivity contribution in [3.8, 4) is 0 Å². The first-order valence-electron chi connectivity index (χ1n) is 9.23. The molecule has 1 aromatic carbocycles. The number of rotatable bonds is 4. The summed E-state index contributed by atoms with van der Waals surface area (Å²) < 4.78 is 11.5. The van der Waals surface area contributed by atoms with Crippen LogP contribution in [0.3, 0.4) is 0 Å². The lowest BCUT2D eigenvalue weighted by molar-refractivity contribution is -0.127. The summed E-state index contributed by atoms with van der Waals surface area (Å²) in [6.45, 7) is 4.44. The molecule has 2 aliphatic heterocycles. The molecule has 3 heterocycles. The highest BCUT2D eigenvalue weighted by Gasteiger charge is 2.30. The molecule has 0 saturated carbocycles. The van der Waals surface area contributed by atoms with Gasteiger partial charge in [-0.15, -0.1) is 0 Å². The minimum atomic E-state index is 0.0597. The Bertz CT molecular complexity index is 697. The van der Waals surface area contributed by atoms with Crippen LogP contribution < -0.4 is 10.2 Å². The van der Waals surface area contributed by atoms with Crippen LogP contribution in [0, 0.1) is 5.92 Å². The zero-order valence-corrected chi connectivity index (χ0v) is 14.6. The van der Waals surface area contributed by atoms with Crippen LogP contribution in [0.1, 0.15) is 32.6 Å². The number of aromatic nitrogens is 1. The number of ether oxygens (including phenoxy) is 1. The van der Waals surface area contributed by atoms with Gasteiger partial charge in [-0.3, -0.25) is 4.79 Å². The maximum atomic E-state index is 12.5. The molecule has 6 heteroatoms. The van der Waals surface area contributed by atoms with Crippen molar-refractivity contribution in [2.45, 2.75) is 44.8 Å². The number of carbonyl (C=O) groups excluding carboxylic acids is 1. The van der Waals surface area contributed by atoms with E-state index in [1.165, 1.54) is 0 Å². The summed E-state index contributed by atoms with van der Waals surface area (Å²) in [7, 11) is 0. The predicted molar refractivity (Wildman–Crippen MR) is 95.5 cm³/mol. The van der Waals surface area contributed by atoms with Crippen molar-refractivity contribution in [1.82, 2.24) is 10.3 Å². The average molecular weight is 343 g/mol. The number of fused-ring (bicyclic) bond motifs is 1. The molecule has 2 fully saturated rings. The molecule has 1 aromatic heterocycles. The fraction of sp³-hybridized carbons (Fsp3) is 0.579. The number of anilines is 1. The number of oxazole rings is 1. The molecular formula is C19H25N3O3. The largest absolute Gasteiger partial charge is 0.423 e. The summed E-state index contributed by atoms with van der Waals surface area (Å²) in [5.74, 6) is 0.213. The molecule has 0 bridgehead atoms. The number of nitrogens with one attached hydrogen (secondary N) is 1. The first-order valence-corrected chi connectivity index (χ1v) is 9.23. The number of carbonyl (C=O) groups is 1. The number of para-hydroxylation sites is 2. The van der Waals surface area contributed by atoms with Crippen molar-refractivity contribution >= 4 is 23.0 Å². The molecule has 134 valence electrons. The Hall–Kier alpha value is -2.08. The Morgan fingerprint density at radius 3 is 2.80 bits per heavy atom. The van der Waals surface area contributed by atoms with Gasteiger partial charge in [0, 0.05) is 25.6 Å². The van der Waals surface area contributed by atoms with Gasteiger partial charge in [-0.05, 0) is 44.7 Å². The van der Waals surface area contributed by atoms with Gasteiger partial charge in [0.25, 0.3) is 6.01 Å². The third kappa shape index (κ3) is 3.49. The van der Waals surface area contributed by atoms with Gasteiger partial charge in [-0.25, -0.2) is 0 Å². The van der Waals surface area contributed by atoms with E-state index in [0.29, 0.717) is 6.01 Å². The molecule has 0 radical (unpaired) electrons. The van der Waals surface area contributed by atoms with Crippen molar-refractivity contribution in [2.75, 3.05) is 24.6 Å². The van der Waals surface area contributed by atoms with E-state index in [9.17, 15) is 4.79 Å². The molecule has 0 unspecified atom stereocenters. The lowest BCUT2D eigenvalue weighted by atomic mass is 9.95. The molecule has 4 rings (SSSR count). The quantitative estimate of drug-likeness (QED) is 0.924. The Morgan fingerprint density at radius 2 is 2.08 bits per heavy atom. The van der Waals surface area contributed by atoms with Gasteiger partial charge in [0.1, 0.15) is 5.52 Å². The van der Waals surface area contributed by atoms with Crippen LogP contribution in [0.15, 0.2) is 28.7 Å². The van der Waals surface area contributed by atoms with Crippen LogP contribution >= 0.6 is 0 Å². The number of hydrogen-bond donors (Lipinski definition) is 1. The van der Waals surface area contributed by atoms with Gasteiger partial charge in [0.15, 0.2) is 5.58 Å². The smallest absolute Gasteiger partial charge is 0.298 e. The van der Waals surface area contributed by atoms with Crippen molar-refractivity contribution in [1.29, 1.82) is 0 Å². The SMILES string of the molecule is C[C@@H](NC(=O)C1CCN(c2nc3ccccc3o2)CC1)[C@H]1CCCO1. The van der Waals surface area contributed by atoms with E-state index in [2.05, 4.69) is 15.2 Å². The van der Waals surface area contributed by atoms with Gasteiger partial charge in [-0.2, -0.15) is 4.98 Å². The van der Waals surface area contributed by atoms with Crippen LogP contribution in [0.2, 0.25) is 0 Å². The molecule has 0 spiro atoms. The zero-order valence-electron chi connectivity index (χ0n) is 14.6. The predicted octanol–water partition coefficient (Wildman–Crippen LogP) is 2.73. The van der Waals surface area contributed by atoms with Gasteiger partial charge in [0.05, 0.1) is 12.1 Å². The Kier molecular flexibility index (Phi) is 4.61. The lowest BCUT2D eigenvalue weighted by Gasteiger charge is -2.31. The first-order chi connectivity index (χ1) is 12.2. The molecule has 0 aliphatic carbocycles. The summed E-state index contributed by atoms with van der Waals surface area (Å²) in [5, 5.41) is 3.15. The molecule has 1 N–H and O–H groups in total. The fourth-order valence-corrected chi connectivity index (χ4v) is 3.76. The Labute approximate surface area is 147 Å². The van der Waals surface area contributed by atoms with Crippen LogP contribution in [0.4, 0.5) is 6.01 Å². The molecule has 2 saturated heterocycles. The molecule has 1 amide bonds. The second-order valence-corrected chi connectivity index (χ2v) is 7.07. The van der Waals surface area contributed by atoms with E-state index >= 15 is 0 Å². The van der Waals surface area contributed by atoms with Crippen LogP contribution in [0.25, 0.3) is 11.1 Å². The van der Waals surface area contributed by atoms with E-state index in [4.69, 9.17) is 9.15 Å². The second-order valence-electron chi connectivity index (χ2n) is 7.07. The summed E-state index contributed by atoms with van der Waals surface area (Å²) in [6.07, 6.45) is 3.94. The van der Waals surface area contributed by atoms with E-state index in [-0.39, 0.29) is 24.0 Å². The highest BCUT2D eigenvalue weighted by molar-refractivity contribution is 5.79. The summed E-state index contributed by atoms with van der Waals surface area (Å²) >= 11 is 0. The van der Waals surface area contributed by atoms with Crippen molar-refractivity contribution in [3.63, 3.8) is 0 Å². The molecule has 2 aliphatic rings.